The van der Waals surface area contributed by atoms with Crippen molar-refractivity contribution in [3.63, 3.8) is 0 Å². The van der Waals surface area contributed by atoms with Crippen molar-refractivity contribution in [2.75, 3.05) is 17.2 Å². The second kappa shape index (κ2) is 6.85. The quantitative estimate of drug-likeness (QED) is 0.820. The van der Waals surface area contributed by atoms with Crippen molar-refractivity contribution < 1.29 is 4.39 Å². The average molecular weight is 353 g/mol. The first-order chi connectivity index (χ1) is 10.0. The van der Waals surface area contributed by atoms with Crippen LogP contribution in [0.25, 0.3) is 0 Å². The zero-order valence-electron chi connectivity index (χ0n) is 12.2. The van der Waals surface area contributed by atoms with Gasteiger partial charge >= 0.3 is 0 Å². The number of hydrogen-bond donors (Lipinski definition) is 2. The Balaban J connectivity index is 2.47. The Morgan fingerprint density at radius 1 is 1.24 bits per heavy atom. The molecule has 0 saturated heterocycles. The highest BCUT2D eigenvalue weighted by atomic mass is 79.9. The first-order valence-electron chi connectivity index (χ1n) is 6.84. The Kier molecular flexibility index (Phi) is 5.12. The van der Waals surface area contributed by atoms with Gasteiger partial charge in [0.2, 0.25) is 0 Å². The number of aromatic nitrogens is 2. The molecule has 1 aromatic heterocycles. The number of para-hydroxylation sites is 1. The van der Waals surface area contributed by atoms with Gasteiger partial charge in [-0.15, -0.1) is 0 Å². The molecule has 6 heteroatoms. The number of anilines is 3. The van der Waals surface area contributed by atoms with Gasteiger partial charge in [-0.2, -0.15) is 0 Å². The van der Waals surface area contributed by atoms with Gasteiger partial charge in [-0.25, -0.2) is 14.4 Å². The number of nitrogens with zero attached hydrogens (tertiary/aromatic N) is 2. The van der Waals surface area contributed by atoms with Crippen molar-refractivity contribution in [2.24, 2.45) is 0 Å². The summed E-state index contributed by atoms with van der Waals surface area (Å²) < 4.78 is 14.6. The number of benzene rings is 1. The summed E-state index contributed by atoms with van der Waals surface area (Å²) in [5.41, 5.74) is 1.31. The van der Waals surface area contributed by atoms with Crippen LogP contribution in [-0.4, -0.2) is 16.5 Å². The van der Waals surface area contributed by atoms with Gasteiger partial charge in [-0.1, -0.05) is 19.9 Å². The molecule has 1 aromatic carbocycles. The van der Waals surface area contributed by atoms with E-state index in [2.05, 4.69) is 50.4 Å². The van der Waals surface area contributed by atoms with E-state index in [1.54, 1.807) is 12.1 Å². The summed E-state index contributed by atoms with van der Waals surface area (Å²) in [6.07, 6.45) is 1.47. The molecule has 0 bridgehead atoms. The molecule has 0 aliphatic carbocycles. The molecule has 112 valence electrons. The van der Waals surface area contributed by atoms with Crippen molar-refractivity contribution in [3.05, 3.63) is 40.4 Å². The van der Waals surface area contributed by atoms with Crippen LogP contribution >= 0.6 is 15.9 Å². The van der Waals surface area contributed by atoms with E-state index >= 15 is 0 Å². The SMILES string of the molecule is CCNc1ncnc(Nc2c(F)cccc2Br)c1C(C)C. The van der Waals surface area contributed by atoms with Crippen molar-refractivity contribution in [1.29, 1.82) is 0 Å². The molecular weight excluding hydrogens is 335 g/mol. The number of nitrogens with one attached hydrogen (secondary N) is 2. The van der Waals surface area contributed by atoms with Gasteiger partial charge in [-0.05, 0) is 40.9 Å². The fourth-order valence-electron chi connectivity index (χ4n) is 2.09. The fourth-order valence-corrected chi connectivity index (χ4v) is 2.53. The molecule has 2 aromatic rings. The Morgan fingerprint density at radius 2 is 1.95 bits per heavy atom. The number of rotatable bonds is 5. The lowest BCUT2D eigenvalue weighted by molar-refractivity contribution is 0.631. The van der Waals surface area contributed by atoms with Crippen LogP contribution in [0.15, 0.2) is 29.0 Å². The molecule has 0 aliphatic rings. The van der Waals surface area contributed by atoms with Crippen molar-refractivity contribution in [1.82, 2.24) is 9.97 Å². The van der Waals surface area contributed by atoms with Crippen LogP contribution in [-0.2, 0) is 0 Å². The highest BCUT2D eigenvalue weighted by Gasteiger charge is 2.16. The summed E-state index contributed by atoms with van der Waals surface area (Å²) >= 11 is 3.35. The maximum absolute atomic E-state index is 14.0. The van der Waals surface area contributed by atoms with Crippen LogP contribution in [0, 0.1) is 5.82 Å². The molecule has 1 heterocycles. The maximum atomic E-state index is 14.0. The van der Waals surface area contributed by atoms with Gasteiger partial charge in [0.05, 0.1) is 5.69 Å². The van der Waals surface area contributed by atoms with Crippen LogP contribution in [0.5, 0.6) is 0 Å². The van der Waals surface area contributed by atoms with E-state index in [4.69, 9.17) is 0 Å². The smallest absolute Gasteiger partial charge is 0.147 e. The average Bonchev–Trinajstić information content (AvgIpc) is 2.43. The minimum atomic E-state index is -0.331. The second-order valence-electron chi connectivity index (χ2n) is 4.89. The van der Waals surface area contributed by atoms with E-state index in [-0.39, 0.29) is 11.7 Å². The second-order valence-corrected chi connectivity index (χ2v) is 5.75. The Morgan fingerprint density at radius 3 is 2.57 bits per heavy atom. The maximum Gasteiger partial charge on any atom is 0.147 e. The van der Waals surface area contributed by atoms with Crippen LogP contribution in [0.4, 0.5) is 21.7 Å². The Bertz CT molecular complexity index is 611. The third-order valence-electron chi connectivity index (χ3n) is 3.01. The molecule has 0 aliphatic heterocycles. The molecule has 0 fully saturated rings. The summed E-state index contributed by atoms with van der Waals surface area (Å²) in [4.78, 5) is 8.54. The highest BCUT2D eigenvalue weighted by Crippen LogP contribution is 2.33. The van der Waals surface area contributed by atoms with Gasteiger partial charge < -0.3 is 10.6 Å². The van der Waals surface area contributed by atoms with Gasteiger partial charge in [0.1, 0.15) is 23.8 Å². The van der Waals surface area contributed by atoms with Gasteiger partial charge in [0, 0.05) is 16.6 Å². The van der Waals surface area contributed by atoms with Gasteiger partial charge in [0.15, 0.2) is 0 Å². The molecule has 0 amide bonds. The molecule has 0 saturated carbocycles. The number of hydrogen-bond acceptors (Lipinski definition) is 4. The van der Waals surface area contributed by atoms with Gasteiger partial charge in [-0.3, -0.25) is 0 Å². The zero-order chi connectivity index (χ0) is 15.4. The van der Waals surface area contributed by atoms with E-state index in [0.29, 0.717) is 16.0 Å². The third-order valence-corrected chi connectivity index (χ3v) is 3.67. The van der Waals surface area contributed by atoms with Crippen LogP contribution in [0.2, 0.25) is 0 Å². The standard InChI is InChI=1S/C15H18BrFN4/c1-4-18-14-12(9(2)3)15(20-8-19-14)21-13-10(16)6-5-7-11(13)17/h5-9H,4H2,1-3H3,(H2,18,19,20,21). The summed E-state index contributed by atoms with van der Waals surface area (Å²) in [6, 6.07) is 4.85. The van der Waals surface area contributed by atoms with Crippen LogP contribution in [0.3, 0.4) is 0 Å². The minimum Gasteiger partial charge on any atom is -0.370 e. The third kappa shape index (κ3) is 3.50. The first-order valence-corrected chi connectivity index (χ1v) is 7.63. The summed E-state index contributed by atoms with van der Waals surface area (Å²) in [5.74, 6) is 1.26. The fraction of sp³-hybridized carbons (Fsp3) is 0.333. The molecule has 4 nitrogen and oxygen atoms in total. The molecule has 0 spiro atoms. The lowest BCUT2D eigenvalue weighted by Gasteiger charge is -2.18. The Labute approximate surface area is 132 Å². The first kappa shape index (κ1) is 15.7. The minimum absolute atomic E-state index is 0.202. The summed E-state index contributed by atoms with van der Waals surface area (Å²) in [6.45, 7) is 6.88. The molecule has 2 rings (SSSR count). The lowest BCUT2D eigenvalue weighted by atomic mass is 10.0. The van der Waals surface area contributed by atoms with Crippen molar-refractivity contribution in [3.8, 4) is 0 Å². The molecule has 0 atom stereocenters. The van der Waals surface area contributed by atoms with Crippen molar-refractivity contribution in [2.45, 2.75) is 26.7 Å². The summed E-state index contributed by atoms with van der Waals surface area (Å²) in [7, 11) is 0. The largest absolute Gasteiger partial charge is 0.370 e. The Hall–Kier alpha value is -1.69. The van der Waals surface area contributed by atoms with E-state index in [9.17, 15) is 4.39 Å². The van der Waals surface area contributed by atoms with E-state index in [1.807, 2.05) is 6.92 Å². The lowest BCUT2D eigenvalue weighted by Crippen LogP contribution is -2.09. The monoisotopic (exact) mass is 352 g/mol. The van der Waals surface area contributed by atoms with Crippen molar-refractivity contribution >= 4 is 33.3 Å². The van der Waals surface area contributed by atoms with E-state index in [1.165, 1.54) is 12.4 Å². The van der Waals surface area contributed by atoms with Gasteiger partial charge in [0.25, 0.3) is 0 Å². The normalized spacial score (nSPS) is 10.8. The topological polar surface area (TPSA) is 49.8 Å². The van der Waals surface area contributed by atoms with E-state index in [0.717, 1.165) is 17.9 Å². The molecule has 0 unspecified atom stereocenters. The van der Waals surface area contributed by atoms with E-state index < -0.39 is 0 Å². The molecule has 2 N–H and O–H groups in total. The molecule has 0 radical (unpaired) electrons. The highest BCUT2D eigenvalue weighted by molar-refractivity contribution is 9.10. The molecule has 21 heavy (non-hydrogen) atoms. The predicted octanol–water partition coefficient (Wildman–Crippen LogP) is 4.68. The number of halogens is 2. The van der Waals surface area contributed by atoms with Crippen LogP contribution < -0.4 is 10.6 Å². The van der Waals surface area contributed by atoms with Crippen LogP contribution in [0.1, 0.15) is 32.3 Å². The molecular formula is C15H18BrFN4. The zero-order valence-corrected chi connectivity index (χ0v) is 13.8. The predicted molar refractivity (Wildman–Crippen MR) is 87.7 cm³/mol. The summed E-state index contributed by atoms with van der Waals surface area (Å²) in [5, 5.41) is 6.29.